The first kappa shape index (κ1) is 18.7. The molecule has 6 heteroatoms. The molecule has 1 aromatic carbocycles. The van der Waals surface area contributed by atoms with Crippen molar-refractivity contribution in [1.29, 1.82) is 0 Å². The second-order valence-electron chi connectivity index (χ2n) is 6.34. The molecule has 1 saturated heterocycles. The fraction of sp³-hybridized carbons (Fsp3) is 0.611. The molecule has 1 atom stereocenters. The standard InChI is InChI=1S/C18H28FN3O2/c1-4-5-15(3)22(13-23)24-12-16-11-18(17(19)10-14(16)2)21-8-6-20-7-9-21/h10-11,13,15,20H,4-9,12H2,1-3H3. The molecule has 0 spiro atoms. The van der Waals surface area contributed by atoms with Gasteiger partial charge in [-0.1, -0.05) is 13.3 Å². The van der Waals surface area contributed by atoms with Gasteiger partial charge in [0.25, 0.3) is 0 Å². The van der Waals surface area contributed by atoms with E-state index in [0.717, 1.165) is 56.6 Å². The summed E-state index contributed by atoms with van der Waals surface area (Å²) in [5.41, 5.74) is 2.35. The van der Waals surface area contributed by atoms with Crippen molar-refractivity contribution >= 4 is 12.1 Å². The van der Waals surface area contributed by atoms with Gasteiger partial charge in [-0.05, 0) is 43.5 Å². The normalized spacial score (nSPS) is 16.1. The van der Waals surface area contributed by atoms with Gasteiger partial charge in [-0.2, -0.15) is 0 Å². The zero-order valence-electron chi connectivity index (χ0n) is 14.8. The van der Waals surface area contributed by atoms with E-state index >= 15 is 0 Å². The minimum absolute atomic E-state index is 0.0286. The van der Waals surface area contributed by atoms with Crippen LogP contribution in [0.1, 0.15) is 37.8 Å². The largest absolute Gasteiger partial charge is 0.367 e. The van der Waals surface area contributed by atoms with Crippen LogP contribution in [-0.4, -0.2) is 43.7 Å². The van der Waals surface area contributed by atoms with E-state index in [9.17, 15) is 9.18 Å². The topological polar surface area (TPSA) is 44.8 Å². The molecule has 1 unspecified atom stereocenters. The van der Waals surface area contributed by atoms with Crippen molar-refractivity contribution in [2.45, 2.75) is 46.3 Å². The minimum Gasteiger partial charge on any atom is -0.367 e. The third-order valence-electron chi connectivity index (χ3n) is 4.48. The second-order valence-corrected chi connectivity index (χ2v) is 6.34. The number of hydrogen-bond donors (Lipinski definition) is 1. The van der Waals surface area contributed by atoms with Crippen LogP contribution in [0, 0.1) is 12.7 Å². The van der Waals surface area contributed by atoms with Crippen LogP contribution in [0.25, 0.3) is 0 Å². The van der Waals surface area contributed by atoms with Crippen molar-refractivity contribution < 1.29 is 14.0 Å². The van der Waals surface area contributed by atoms with Crippen LogP contribution in [0.15, 0.2) is 12.1 Å². The van der Waals surface area contributed by atoms with Gasteiger partial charge in [-0.15, -0.1) is 0 Å². The van der Waals surface area contributed by atoms with E-state index in [2.05, 4.69) is 12.2 Å². The molecule has 1 amide bonds. The molecule has 0 bridgehead atoms. The Kier molecular flexibility index (Phi) is 6.99. The summed E-state index contributed by atoms with van der Waals surface area (Å²) in [5, 5.41) is 4.63. The molecular formula is C18H28FN3O2. The quantitative estimate of drug-likeness (QED) is 0.585. The maximum Gasteiger partial charge on any atom is 0.233 e. The van der Waals surface area contributed by atoms with Gasteiger partial charge in [-0.3, -0.25) is 9.63 Å². The van der Waals surface area contributed by atoms with E-state index in [0.29, 0.717) is 5.69 Å². The van der Waals surface area contributed by atoms with E-state index in [4.69, 9.17) is 4.84 Å². The summed E-state index contributed by atoms with van der Waals surface area (Å²) in [6.45, 7) is 9.44. The lowest BCUT2D eigenvalue weighted by Crippen LogP contribution is -2.44. The van der Waals surface area contributed by atoms with Crippen LogP contribution in [-0.2, 0) is 16.2 Å². The molecule has 134 valence electrons. The Morgan fingerprint density at radius 1 is 1.42 bits per heavy atom. The van der Waals surface area contributed by atoms with Crippen molar-refractivity contribution in [2.75, 3.05) is 31.1 Å². The van der Waals surface area contributed by atoms with Crippen molar-refractivity contribution in [1.82, 2.24) is 10.4 Å². The highest BCUT2D eigenvalue weighted by Gasteiger charge is 2.18. The lowest BCUT2D eigenvalue weighted by Gasteiger charge is -2.30. The van der Waals surface area contributed by atoms with Gasteiger partial charge < -0.3 is 10.2 Å². The molecular weight excluding hydrogens is 309 g/mol. The molecule has 1 heterocycles. The molecule has 24 heavy (non-hydrogen) atoms. The molecule has 0 radical (unpaired) electrons. The summed E-state index contributed by atoms with van der Waals surface area (Å²) in [5.74, 6) is -0.204. The van der Waals surface area contributed by atoms with Gasteiger partial charge in [0.05, 0.1) is 11.7 Å². The van der Waals surface area contributed by atoms with E-state index in [1.165, 1.54) is 5.06 Å². The fourth-order valence-electron chi connectivity index (χ4n) is 2.96. The summed E-state index contributed by atoms with van der Waals surface area (Å²) in [7, 11) is 0. The molecule has 5 nitrogen and oxygen atoms in total. The number of nitrogens with one attached hydrogen (secondary N) is 1. The first-order valence-corrected chi connectivity index (χ1v) is 8.68. The number of hydrogen-bond acceptors (Lipinski definition) is 4. The number of benzene rings is 1. The molecule has 1 aromatic rings. The number of anilines is 1. The number of aryl methyl sites for hydroxylation is 1. The fourth-order valence-corrected chi connectivity index (χ4v) is 2.96. The summed E-state index contributed by atoms with van der Waals surface area (Å²) in [6.07, 6.45) is 2.58. The Labute approximate surface area is 143 Å². The second kappa shape index (κ2) is 8.99. The van der Waals surface area contributed by atoms with Crippen molar-refractivity contribution in [3.63, 3.8) is 0 Å². The number of piperazine rings is 1. The number of halogens is 1. The SMILES string of the molecule is CCCC(C)N(C=O)OCc1cc(N2CCNCC2)c(F)cc1C. The van der Waals surface area contributed by atoms with E-state index in [1.54, 1.807) is 6.07 Å². The van der Waals surface area contributed by atoms with Gasteiger partial charge in [0.2, 0.25) is 6.41 Å². The molecule has 0 saturated carbocycles. The van der Waals surface area contributed by atoms with Crippen LogP contribution in [0.3, 0.4) is 0 Å². The Morgan fingerprint density at radius 2 is 2.12 bits per heavy atom. The third-order valence-corrected chi connectivity index (χ3v) is 4.48. The summed E-state index contributed by atoms with van der Waals surface area (Å²) < 4.78 is 14.3. The number of carbonyl (C=O) groups excluding carboxylic acids is 1. The molecule has 1 aliphatic heterocycles. The van der Waals surface area contributed by atoms with Gasteiger partial charge in [0.1, 0.15) is 12.4 Å². The highest BCUT2D eigenvalue weighted by atomic mass is 19.1. The Balaban J connectivity index is 2.10. The van der Waals surface area contributed by atoms with Crippen molar-refractivity contribution in [3.8, 4) is 0 Å². The zero-order chi connectivity index (χ0) is 17.5. The van der Waals surface area contributed by atoms with Crippen LogP contribution in [0.4, 0.5) is 10.1 Å². The van der Waals surface area contributed by atoms with Crippen molar-refractivity contribution in [2.24, 2.45) is 0 Å². The Morgan fingerprint density at radius 3 is 2.75 bits per heavy atom. The lowest BCUT2D eigenvalue weighted by molar-refractivity contribution is -0.191. The zero-order valence-corrected chi connectivity index (χ0v) is 14.8. The first-order chi connectivity index (χ1) is 11.6. The van der Waals surface area contributed by atoms with Crippen LogP contribution in [0.2, 0.25) is 0 Å². The summed E-state index contributed by atoms with van der Waals surface area (Å²) >= 11 is 0. The maximum absolute atomic E-state index is 14.3. The van der Waals surface area contributed by atoms with Crippen LogP contribution >= 0.6 is 0 Å². The number of amides is 1. The first-order valence-electron chi connectivity index (χ1n) is 8.68. The summed E-state index contributed by atoms with van der Waals surface area (Å²) in [6, 6.07) is 3.43. The molecule has 2 rings (SSSR count). The van der Waals surface area contributed by atoms with Crippen LogP contribution < -0.4 is 10.2 Å². The molecule has 1 N–H and O–H groups in total. The third kappa shape index (κ3) is 4.68. The molecule has 1 aliphatic rings. The average molecular weight is 337 g/mol. The van der Waals surface area contributed by atoms with Gasteiger partial charge in [-0.25, -0.2) is 9.45 Å². The highest BCUT2D eigenvalue weighted by Crippen LogP contribution is 2.25. The van der Waals surface area contributed by atoms with Gasteiger partial charge >= 0.3 is 0 Å². The van der Waals surface area contributed by atoms with E-state index in [-0.39, 0.29) is 18.5 Å². The number of nitrogens with zero attached hydrogens (tertiary/aromatic N) is 2. The van der Waals surface area contributed by atoms with E-state index in [1.807, 2.05) is 24.8 Å². The monoisotopic (exact) mass is 337 g/mol. The molecule has 0 aromatic heterocycles. The smallest absolute Gasteiger partial charge is 0.233 e. The average Bonchev–Trinajstić information content (AvgIpc) is 2.58. The molecule has 1 fully saturated rings. The predicted molar refractivity (Wildman–Crippen MR) is 93.3 cm³/mol. The van der Waals surface area contributed by atoms with Gasteiger partial charge in [0, 0.05) is 26.2 Å². The lowest BCUT2D eigenvalue weighted by atomic mass is 10.1. The number of hydroxylamine groups is 2. The summed E-state index contributed by atoms with van der Waals surface area (Å²) in [4.78, 5) is 18.9. The Hall–Kier alpha value is -1.66. The molecule has 0 aliphatic carbocycles. The van der Waals surface area contributed by atoms with E-state index < -0.39 is 0 Å². The Bertz CT molecular complexity index is 547. The van der Waals surface area contributed by atoms with Crippen molar-refractivity contribution in [3.05, 3.63) is 29.1 Å². The minimum atomic E-state index is -0.204. The predicted octanol–water partition coefficient (Wildman–Crippen LogP) is 2.62. The van der Waals surface area contributed by atoms with Gasteiger partial charge in [0.15, 0.2) is 0 Å². The number of carbonyl (C=O) groups is 1. The number of rotatable bonds is 8. The maximum atomic E-state index is 14.3. The highest BCUT2D eigenvalue weighted by molar-refractivity contribution is 5.52. The van der Waals surface area contributed by atoms with Crippen LogP contribution in [0.5, 0.6) is 0 Å².